The average molecular weight is 292 g/mol. The molecule has 17 heavy (non-hydrogen) atoms. The van der Waals surface area contributed by atoms with Crippen molar-refractivity contribution >= 4 is 15.9 Å². The zero-order valence-corrected chi connectivity index (χ0v) is 10.5. The molecule has 0 fully saturated rings. The molecular formula is C12H7BrFN3. The smallest absolute Gasteiger partial charge is 0.163 e. The van der Waals surface area contributed by atoms with Crippen LogP contribution < -0.4 is 0 Å². The summed E-state index contributed by atoms with van der Waals surface area (Å²) in [7, 11) is 0. The largest absolute Gasteiger partial charge is 0.233 e. The number of aromatic nitrogens is 2. The Morgan fingerprint density at radius 2 is 2.06 bits per heavy atom. The molecule has 0 aliphatic rings. The summed E-state index contributed by atoms with van der Waals surface area (Å²) >= 11 is 3.18. The molecule has 1 aromatic heterocycles. The van der Waals surface area contributed by atoms with Crippen molar-refractivity contribution in [2.75, 3.05) is 0 Å². The summed E-state index contributed by atoms with van der Waals surface area (Å²) in [5, 5.41) is 8.81. The van der Waals surface area contributed by atoms with Crippen LogP contribution in [0.4, 0.5) is 4.39 Å². The zero-order valence-electron chi connectivity index (χ0n) is 8.91. The summed E-state index contributed by atoms with van der Waals surface area (Å²) in [4.78, 5) is 8.11. The number of halogens is 2. The van der Waals surface area contributed by atoms with Crippen LogP contribution in [0.3, 0.4) is 0 Å². The van der Waals surface area contributed by atoms with Crippen molar-refractivity contribution in [2.45, 2.75) is 6.92 Å². The van der Waals surface area contributed by atoms with Crippen LogP contribution in [-0.4, -0.2) is 9.97 Å². The summed E-state index contributed by atoms with van der Waals surface area (Å²) in [6.45, 7) is 1.74. The molecule has 1 aromatic carbocycles. The van der Waals surface area contributed by atoms with E-state index in [1.807, 2.05) is 6.07 Å². The maximum Gasteiger partial charge on any atom is 0.163 e. The van der Waals surface area contributed by atoms with Gasteiger partial charge in [-0.2, -0.15) is 5.26 Å². The number of hydrogen-bond acceptors (Lipinski definition) is 3. The predicted molar refractivity (Wildman–Crippen MR) is 64.6 cm³/mol. The van der Waals surface area contributed by atoms with Crippen molar-refractivity contribution < 1.29 is 4.39 Å². The second kappa shape index (κ2) is 4.60. The van der Waals surface area contributed by atoms with Gasteiger partial charge in [-0.1, -0.05) is 15.9 Å². The molecule has 0 spiro atoms. The molecule has 0 amide bonds. The second-order valence-corrected chi connectivity index (χ2v) is 4.37. The number of hydrogen-bond donors (Lipinski definition) is 0. The predicted octanol–water partition coefficient (Wildman–Crippen LogP) is 3.23. The normalized spacial score (nSPS) is 10.0. The third-order valence-corrected chi connectivity index (χ3v) is 2.63. The average Bonchev–Trinajstić information content (AvgIpc) is 2.28. The van der Waals surface area contributed by atoms with Crippen LogP contribution in [0.25, 0.3) is 11.4 Å². The Bertz CT molecular complexity index is 620. The fourth-order valence-corrected chi connectivity index (χ4v) is 1.75. The summed E-state index contributed by atoms with van der Waals surface area (Å²) in [6.07, 6.45) is 0. The minimum atomic E-state index is -0.422. The fourth-order valence-electron chi connectivity index (χ4n) is 1.42. The van der Waals surface area contributed by atoms with Crippen molar-refractivity contribution in [1.29, 1.82) is 5.26 Å². The van der Waals surface area contributed by atoms with Crippen LogP contribution in [0.2, 0.25) is 0 Å². The molecule has 0 aliphatic heterocycles. The number of benzene rings is 1. The highest BCUT2D eigenvalue weighted by Gasteiger charge is 2.10. The van der Waals surface area contributed by atoms with Crippen LogP contribution in [0, 0.1) is 24.1 Å². The summed E-state index contributed by atoms with van der Waals surface area (Å²) in [6, 6.07) is 8.11. The van der Waals surface area contributed by atoms with Crippen LogP contribution in [0.5, 0.6) is 0 Å². The van der Waals surface area contributed by atoms with Crippen molar-refractivity contribution in [3.8, 4) is 17.5 Å². The van der Waals surface area contributed by atoms with Gasteiger partial charge in [-0.15, -0.1) is 0 Å². The lowest BCUT2D eigenvalue weighted by molar-refractivity contribution is 0.629. The standard InChI is InChI=1S/C12H7BrFN3/c1-7-4-9(6-15)17-12(16-7)10-3-2-8(13)5-11(10)14/h2-5H,1H3. The highest BCUT2D eigenvalue weighted by Crippen LogP contribution is 2.23. The van der Waals surface area contributed by atoms with Crippen LogP contribution >= 0.6 is 15.9 Å². The van der Waals surface area contributed by atoms with Crippen molar-refractivity contribution in [3.63, 3.8) is 0 Å². The van der Waals surface area contributed by atoms with Crippen LogP contribution in [0.15, 0.2) is 28.7 Å². The van der Waals surface area contributed by atoms with Gasteiger partial charge in [-0.3, -0.25) is 0 Å². The van der Waals surface area contributed by atoms with E-state index in [9.17, 15) is 4.39 Å². The third kappa shape index (κ3) is 2.48. The van der Waals surface area contributed by atoms with E-state index in [0.29, 0.717) is 10.2 Å². The van der Waals surface area contributed by atoms with E-state index in [0.717, 1.165) is 0 Å². The number of nitrogens with zero attached hydrogens (tertiary/aromatic N) is 3. The SMILES string of the molecule is Cc1cc(C#N)nc(-c2ccc(Br)cc2F)n1. The Labute approximate surface area is 106 Å². The molecule has 1 heterocycles. The van der Waals surface area contributed by atoms with E-state index in [2.05, 4.69) is 25.9 Å². The molecule has 0 radical (unpaired) electrons. The van der Waals surface area contributed by atoms with Gasteiger partial charge in [0.1, 0.15) is 17.6 Å². The van der Waals surface area contributed by atoms with E-state index in [1.165, 1.54) is 6.07 Å². The monoisotopic (exact) mass is 291 g/mol. The first-order chi connectivity index (χ1) is 8.10. The molecular weight excluding hydrogens is 285 g/mol. The highest BCUT2D eigenvalue weighted by molar-refractivity contribution is 9.10. The van der Waals surface area contributed by atoms with Crippen LogP contribution in [0.1, 0.15) is 11.4 Å². The molecule has 2 rings (SSSR count). The molecule has 84 valence electrons. The van der Waals surface area contributed by atoms with Gasteiger partial charge >= 0.3 is 0 Å². The zero-order chi connectivity index (χ0) is 12.4. The van der Waals surface area contributed by atoms with Gasteiger partial charge in [0, 0.05) is 10.2 Å². The van der Waals surface area contributed by atoms with E-state index in [1.54, 1.807) is 25.1 Å². The first kappa shape index (κ1) is 11.7. The molecule has 0 unspecified atom stereocenters. The van der Waals surface area contributed by atoms with Gasteiger partial charge in [0.25, 0.3) is 0 Å². The van der Waals surface area contributed by atoms with Gasteiger partial charge in [0.05, 0.1) is 5.56 Å². The lowest BCUT2D eigenvalue weighted by Crippen LogP contribution is -1.97. The molecule has 2 aromatic rings. The molecule has 0 N–H and O–H groups in total. The van der Waals surface area contributed by atoms with Crippen molar-refractivity contribution in [1.82, 2.24) is 9.97 Å². The Morgan fingerprint density at radius 3 is 2.71 bits per heavy atom. The third-order valence-electron chi connectivity index (χ3n) is 2.14. The molecule has 0 bridgehead atoms. The molecule has 0 atom stereocenters. The van der Waals surface area contributed by atoms with E-state index in [-0.39, 0.29) is 17.1 Å². The molecule has 0 aliphatic carbocycles. The minimum absolute atomic E-state index is 0.228. The first-order valence-electron chi connectivity index (χ1n) is 4.81. The highest BCUT2D eigenvalue weighted by atomic mass is 79.9. The van der Waals surface area contributed by atoms with E-state index < -0.39 is 5.82 Å². The quantitative estimate of drug-likeness (QED) is 0.810. The number of nitriles is 1. The van der Waals surface area contributed by atoms with Crippen molar-refractivity contribution in [3.05, 3.63) is 45.9 Å². The van der Waals surface area contributed by atoms with E-state index >= 15 is 0 Å². The van der Waals surface area contributed by atoms with Gasteiger partial charge in [-0.05, 0) is 31.2 Å². The first-order valence-corrected chi connectivity index (χ1v) is 5.60. The van der Waals surface area contributed by atoms with E-state index in [4.69, 9.17) is 5.26 Å². The van der Waals surface area contributed by atoms with Gasteiger partial charge < -0.3 is 0 Å². The Morgan fingerprint density at radius 1 is 1.29 bits per heavy atom. The maximum absolute atomic E-state index is 13.7. The van der Waals surface area contributed by atoms with Gasteiger partial charge in [0.15, 0.2) is 5.82 Å². The Kier molecular flexibility index (Phi) is 3.16. The molecule has 0 saturated heterocycles. The van der Waals surface area contributed by atoms with Crippen LogP contribution in [-0.2, 0) is 0 Å². The topological polar surface area (TPSA) is 49.6 Å². The summed E-state index contributed by atoms with van der Waals surface area (Å²) < 4.78 is 14.4. The summed E-state index contributed by atoms with van der Waals surface area (Å²) in [5.74, 6) is -0.194. The Hall–Kier alpha value is -1.80. The maximum atomic E-state index is 13.7. The fraction of sp³-hybridized carbons (Fsp3) is 0.0833. The molecule has 5 heteroatoms. The number of rotatable bonds is 1. The summed E-state index contributed by atoms with van der Waals surface area (Å²) in [5.41, 5.74) is 1.15. The molecule has 3 nitrogen and oxygen atoms in total. The van der Waals surface area contributed by atoms with Crippen molar-refractivity contribution in [2.24, 2.45) is 0 Å². The minimum Gasteiger partial charge on any atom is -0.233 e. The molecule has 0 saturated carbocycles. The second-order valence-electron chi connectivity index (χ2n) is 3.45. The van der Waals surface area contributed by atoms with Gasteiger partial charge in [-0.25, -0.2) is 14.4 Å². The lowest BCUT2D eigenvalue weighted by atomic mass is 10.2. The number of aryl methyl sites for hydroxylation is 1. The lowest BCUT2D eigenvalue weighted by Gasteiger charge is -2.04. The van der Waals surface area contributed by atoms with Gasteiger partial charge in [0.2, 0.25) is 0 Å². The Balaban J connectivity index is 2.61.